The first-order chi connectivity index (χ1) is 10.2. The van der Waals surface area contributed by atoms with E-state index in [-0.39, 0.29) is 19.4 Å². The molecule has 4 amide bonds. The van der Waals surface area contributed by atoms with Crippen LogP contribution in [0, 0.1) is 0 Å². The van der Waals surface area contributed by atoms with Crippen LogP contribution in [-0.4, -0.2) is 47.8 Å². The van der Waals surface area contributed by atoms with Crippen LogP contribution >= 0.6 is 0 Å². The van der Waals surface area contributed by atoms with Crippen molar-refractivity contribution in [1.29, 1.82) is 0 Å². The summed E-state index contributed by atoms with van der Waals surface area (Å²) >= 11 is 0. The van der Waals surface area contributed by atoms with Gasteiger partial charge in [-0.15, -0.1) is 5.06 Å². The molecule has 9 heteroatoms. The Morgan fingerprint density at radius 1 is 1.05 bits per heavy atom. The summed E-state index contributed by atoms with van der Waals surface area (Å²) in [6.07, 6.45) is -0.891. The molecular weight excluding hydrogens is 294 g/mol. The Kier molecular flexibility index (Phi) is 6.14. The van der Waals surface area contributed by atoms with Crippen LogP contribution in [-0.2, 0) is 19.2 Å². The molecule has 1 heterocycles. The number of rotatable bonds is 5. The summed E-state index contributed by atoms with van der Waals surface area (Å²) in [5.74, 6) is -1.07. The first-order valence-corrected chi connectivity index (χ1v) is 6.97. The molecule has 2 N–H and O–H groups in total. The lowest BCUT2D eigenvalue weighted by molar-refractivity contribution is -0.171. The van der Waals surface area contributed by atoms with Crippen LogP contribution in [0.25, 0.3) is 0 Å². The number of hydrogen-bond donors (Lipinski definition) is 2. The molecule has 22 heavy (non-hydrogen) atoms. The maximum Gasteiger partial charge on any atom is 0.432 e. The zero-order valence-electron chi connectivity index (χ0n) is 12.9. The van der Waals surface area contributed by atoms with E-state index in [1.807, 2.05) is 0 Å². The summed E-state index contributed by atoms with van der Waals surface area (Å²) in [6, 6.07) is 0. The Morgan fingerprint density at radius 2 is 1.55 bits per heavy atom. The normalized spacial score (nSPS) is 14.8. The summed E-state index contributed by atoms with van der Waals surface area (Å²) < 4.78 is 5.03. The van der Waals surface area contributed by atoms with Gasteiger partial charge in [0.05, 0.1) is 0 Å². The van der Waals surface area contributed by atoms with E-state index in [4.69, 9.17) is 4.74 Å². The fraction of sp³-hybridized carbons (Fsp3) is 0.692. The molecule has 1 aliphatic rings. The van der Waals surface area contributed by atoms with Crippen LogP contribution in [0.15, 0.2) is 0 Å². The van der Waals surface area contributed by atoms with Crippen molar-refractivity contribution in [2.75, 3.05) is 13.1 Å². The molecule has 0 aromatic carbocycles. The van der Waals surface area contributed by atoms with E-state index in [0.29, 0.717) is 18.0 Å². The number of nitrogens with one attached hydrogen (secondary N) is 2. The highest BCUT2D eigenvalue weighted by Gasteiger charge is 2.32. The van der Waals surface area contributed by atoms with E-state index < -0.39 is 29.6 Å². The largest absolute Gasteiger partial charge is 0.444 e. The number of carbonyl (C=O) groups excluding carboxylic acids is 4. The smallest absolute Gasteiger partial charge is 0.432 e. The minimum absolute atomic E-state index is 0.0475. The Bertz CT molecular complexity index is 441. The highest BCUT2D eigenvalue weighted by molar-refractivity contribution is 6.01. The second-order valence-electron chi connectivity index (χ2n) is 5.67. The van der Waals surface area contributed by atoms with Crippen molar-refractivity contribution in [2.24, 2.45) is 0 Å². The van der Waals surface area contributed by atoms with E-state index in [2.05, 4.69) is 15.5 Å². The molecule has 0 saturated carbocycles. The van der Waals surface area contributed by atoms with E-state index in [0.717, 1.165) is 0 Å². The van der Waals surface area contributed by atoms with Gasteiger partial charge in [0.15, 0.2) is 0 Å². The Balaban J connectivity index is 2.12. The standard InChI is InChI=1S/C13H21N3O6/c1-13(2,3)21-11(19)14-7-4-8-15-12(20)22-16-9(17)5-6-10(16)18/h4-8H2,1-3H3,(H,14,19)(H,15,20). The number of hydroxylamine groups is 2. The van der Waals surface area contributed by atoms with Crippen LogP contribution in [0.3, 0.4) is 0 Å². The quantitative estimate of drug-likeness (QED) is 0.570. The number of hydrogen-bond acceptors (Lipinski definition) is 6. The topological polar surface area (TPSA) is 114 Å². The molecule has 1 aliphatic heterocycles. The molecule has 1 rings (SSSR count). The van der Waals surface area contributed by atoms with E-state index >= 15 is 0 Å². The van der Waals surface area contributed by atoms with Crippen molar-refractivity contribution in [1.82, 2.24) is 15.7 Å². The second-order valence-corrected chi connectivity index (χ2v) is 5.67. The van der Waals surface area contributed by atoms with Gasteiger partial charge in [-0.25, -0.2) is 9.59 Å². The van der Waals surface area contributed by atoms with Gasteiger partial charge in [-0.1, -0.05) is 0 Å². The van der Waals surface area contributed by atoms with Crippen molar-refractivity contribution in [3.05, 3.63) is 0 Å². The van der Waals surface area contributed by atoms with Crippen molar-refractivity contribution >= 4 is 24.0 Å². The molecule has 124 valence electrons. The maximum atomic E-state index is 11.4. The number of alkyl carbamates (subject to hydrolysis) is 1. The lowest BCUT2D eigenvalue weighted by Gasteiger charge is -2.19. The fourth-order valence-electron chi connectivity index (χ4n) is 1.56. The minimum atomic E-state index is -0.888. The van der Waals surface area contributed by atoms with Crippen molar-refractivity contribution in [2.45, 2.75) is 45.6 Å². The lowest BCUT2D eigenvalue weighted by atomic mass is 10.2. The van der Waals surface area contributed by atoms with Crippen LogP contribution in [0.1, 0.15) is 40.0 Å². The molecule has 0 radical (unpaired) electrons. The number of imide groups is 1. The molecule has 9 nitrogen and oxygen atoms in total. The summed E-state index contributed by atoms with van der Waals surface area (Å²) in [7, 11) is 0. The van der Waals surface area contributed by atoms with Crippen molar-refractivity contribution < 1.29 is 28.8 Å². The molecule has 0 aromatic rings. The maximum absolute atomic E-state index is 11.4. The zero-order valence-corrected chi connectivity index (χ0v) is 12.9. The average molecular weight is 315 g/mol. The Morgan fingerprint density at radius 3 is 2.05 bits per heavy atom. The first-order valence-electron chi connectivity index (χ1n) is 6.97. The summed E-state index contributed by atoms with van der Waals surface area (Å²) in [6.45, 7) is 5.78. The fourth-order valence-corrected chi connectivity index (χ4v) is 1.56. The molecule has 0 unspecified atom stereocenters. The molecule has 0 bridgehead atoms. The highest BCUT2D eigenvalue weighted by Crippen LogP contribution is 2.11. The van der Waals surface area contributed by atoms with E-state index in [1.165, 1.54) is 0 Å². The third-order valence-electron chi connectivity index (χ3n) is 2.47. The van der Waals surface area contributed by atoms with Gasteiger partial charge in [0.25, 0.3) is 11.8 Å². The predicted octanol–water partition coefficient (Wildman–Crippen LogP) is 0.691. The number of carbonyl (C=O) groups is 4. The van der Waals surface area contributed by atoms with Gasteiger partial charge in [0.2, 0.25) is 0 Å². The van der Waals surface area contributed by atoms with Gasteiger partial charge < -0.3 is 20.2 Å². The molecule has 0 spiro atoms. The summed E-state index contributed by atoms with van der Waals surface area (Å²) in [4.78, 5) is 49.8. The minimum Gasteiger partial charge on any atom is -0.444 e. The third-order valence-corrected chi connectivity index (χ3v) is 2.47. The van der Waals surface area contributed by atoms with Gasteiger partial charge in [-0.2, -0.15) is 0 Å². The predicted molar refractivity (Wildman–Crippen MR) is 74.4 cm³/mol. The number of nitrogens with zero attached hydrogens (tertiary/aromatic N) is 1. The second kappa shape index (κ2) is 7.62. The van der Waals surface area contributed by atoms with Crippen molar-refractivity contribution in [3.8, 4) is 0 Å². The van der Waals surface area contributed by atoms with Crippen LogP contribution in [0.2, 0.25) is 0 Å². The van der Waals surface area contributed by atoms with Gasteiger partial charge in [-0.05, 0) is 27.2 Å². The summed E-state index contributed by atoms with van der Waals surface area (Å²) in [5.41, 5.74) is -0.569. The molecule has 1 fully saturated rings. The summed E-state index contributed by atoms with van der Waals surface area (Å²) in [5, 5.41) is 5.37. The van der Waals surface area contributed by atoms with Gasteiger partial charge >= 0.3 is 12.2 Å². The molecule has 0 atom stereocenters. The number of ether oxygens (including phenoxy) is 1. The lowest BCUT2D eigenvalue weighted by Crippen LogP contribution is -2.38. The first kappa shape index (κ1) is 17.7. The Hall–Kier alpha value is -2.32. The van der Waals surface area contributed by atoms with Gasteiger partial charge in [0.1, 0.15) is 5.60 Å². The van der Waals surface area contributed by atoms with Crippen LogP contribution < -0.4 is 10.6 Å². The molecular formula is C13H21N3O6. The Labute approximate surface area is 128 Å². The monoisotopic (exact) mass is 315 g/mol. The molecule has 0 aliphatic carbocycles. The van der Waals surface area contributed by atoms with Crippen molar-refractivity contribution in [3.63, 3.8) is 0 Å². The average Bonchev–Trinajstić information content (AvgIpc) is 2.68. The number of amides is 4. The van der Waals surface area contributed by atoms with E-state index in [9.17, 15) is 19.2 Å². The molecule has 1 saturated heterocycles. The third kappa shape index (κ3) is 6.42. The highest BCUT2D eigenvalue weighted by atomic mass is 16.7. The molecule has 0 aromatic heterocycles. The SMILES string of the molecule is CC(C)(C)OC(=O)NCCCNC(=O)ON1C(=O)CCC1=O. The van der Waals surface area contributed by atoms with Gasteiger partial charge in [-0.3, -0.25) is 9.59 Å². The van der Waals surface area contributed by atoms with Gasteiger partial charge in [0, 0.05) is 25.9 Å². The van der Waals surface area contributed by atoms with Crippen LogP contribution in [0.5, 0.6) is 0 Å². The van der Waals surface area contributed by atoms with E-state index in [1.54, 1.807) is 20.8 Å². The zero-order chi connectivity index (χ0) is 16.8. The van der Waals surface area contributed by atoms with Crippen LogP contribution in [0.4, 0.5) is 9.59 Å².